The van der Waals surface area contributed by atoms with Gasteiger partial charge in [-0.15, -0.1) is 0 Å². The third-order valence-corrected chi connectivity index (χ3v) is 7.35. The van der Waals surface area contributed by atoms with Crippen LogP contribution in [0.25, 0.3) is 0 Å². The van der Waals surface area contributed by atoms with E-state index in [-0.39, 0.29) is 16.7 Å². The third-order valence-electron chi connectivity index (χ3n) is 5.63. The number of halogens is 1. The van der Waals surface area contributed by atoms with Crippen molar-refractivity contribution in [2.45, 2.75) is 24.2 Å². The van der Waals surface area contributed by atoms with Crippen LogP contribution >= 0.6 is 11.6 Å². The predicted octanol–water partition coefficient (Wildman–Crippen LogP) is 4.27. The van der Waals surface area contributed by atoms with E-state index in [1.54, 1.807) is 36.4 Å². The second kappa shape index (κ2) is 9.94. The maximum absolute atomic E-state index is 13.4. The van der Waals surface area contributed by atoms with Crippen molar-refractivity contribution in [1.82, 2.24) is 0 Å². The molecule has 1 unspecified atom stereocenters. The molecule has 0 spiro atoms. The number of carbonyl (C=O) groups is 1. The molecule has 1 atom stereocenters. The minimum absolute atomic E-state index is 0.0839. The van der Waals surface area contributed by atoms with E-state index in [0.29, 0.717) is 54.8 Å². The lowest BCUT2D eigenvalue weighted by molar-refractivity contribution is -0.120. The molecule has 32 heavy (non-hydrogen) atoms. The van der Waals surface area contributed by atoms with E-state index >= 15 is 0 Å². The van der Waals surface area contributed by atoms with Gasteiger partial charge in [-0.3, -0.25) is 9.52 Å². The summed E-state index contributed by atoms with van der Waals surface area (Å²) in [5.41, 5.74) is 1.30. The molecule has 1 heterocycles. The van der Waals surface area contributed by atoms with Gasteiger partial charge in [0.15, 0.2) is 0 Å². The summed E-state index contributed by atoms with van der Waals surface area (Å²) in [5.74, 6) is -0.212. The van der Waals surface area contributed by atoms with Crippen LogP contribution in [0.4, 0.5) is 17.1 Å². The molecule has 1 saturated heterocycles. The topological polar surface area (TPSA) is 87.7 Å². The van der Waals surface area contributed by atoms with Crippen molar-refractivity contribution in [2.24, 2.45) is 5.92 Å². The molecular formula is C23H26ClN3O4S. The van der Waals surface area contributed by atoms with Crippen molar-refractivity contribution in [3.05, 3.63) is 59.6 Å². The highest BCUT2D eigenvalue weighted by Crippen LogP contribution is 2.32. The molecule has 0 aromatic heterocycles. The normalized spacial score (nSPS) is 18.9. The van der Waals surface area contributed by atoms with Crippen LogP contribution in [0.2, 0.25) is 5.02 Å². The number of amides is 1. The second-order valence-electron chi connectivity index (χ2n) is 7.84. The van der Waals surface area contributed by atoms with E-state index in [0.717, 1.165) is 12.8 Å². The Morgan fingerprint density at radius 2 is 1.88 bits per heavy atom. The maximum Gasteiger partial charge on any atom is 0.264 e. The number of hydrogen-bond acceptors (Lipinski definition) is 5. The molecule has 1 aliphatic heterocycles. The molecule has 4 rings (SSSR count). The van der Waals surface area contributed by atoms with Gasteiger partial charge >= 0.3 is 0 Å². The fourth-order valence-corrected chi connectivity index (χ4v) is 5.46. The van der Waals surface area contributed by atoms with Gasteiger partial charge in [0, 0.05) is 24.7 Å². The quantitative estimate of drug-likeness (QED) is 0.609. The average Bonchev–Trinajstić information content (AvgIpc) is 2.81. The Morgan fingerprint density at radius 3 is 2.59 bits per heavy atom. The number of hydrogen-bond donors (Lipinski definition) is 2. The third kappa shape index (κ3) is 5.26. The number of nitrogens with zero attached hydrogens (tertiary/aromatic N) is 1. The van der Waals surface area contributed by atoms with Gasteiger partial charge in [-0.2, -0.15) is 0 Å². The SMILES string of the molecule is O=C(Nc1ccc(N2CCOCC2)c(S(=O)(=O)Nc2ccccc2Cl)c1)C1CC=CCC1. The molecule has 2 aromatic carbocycles. The van der Waals surface area contributed by atoms with Crippen molar-refractivity contribution in [1.29, 1.82) is 0 Å². The van der Waals surface area contributed by atoms with Crippen LogP contribution in [0.15, 0.2) is 59.5 Å². The van der Waals surface area contributed by atoms with Crippen LogP contribution in [0.1, 0.15) is 19.3 Å². The highest BCUT2D eigenvalue weighted by atomic mass is 35.5. The molecule has 1 aliphatic carbocycles. The van der Waals surface area contributed by atoms with Gasteiger partial charge in [-0.25, -0.2) is 8.42 Å². The zero-order valence-corrected chi connectivity index (χ0v) is 19.2. The Morgan fingerprint density at radius 1 is 1.09 bits per heavy atom. The van der Waals surface area contributed by atoms with Gasteiger partial charge < -0.3 is 15.0 Å². The molecule has 2 aromatic rings. The first-order chi connectivity index (χ1) is 15.4. The summed E-state index contributed by atoms with van der Waals surface area (Å²) in [6.45, 7) is 2.19. The summed E-state index contributed by atoms with van der Waals surface area (Å²) < 4.78 is 34.8. The van der Waals surface area contributed by atoms with E-state index in [1.165, 1.54) is 6.07 Å². The number of nitrogens with one attached hydrogen (secondary N) is 2. The Kier molecular flexibility index (Phi) is 7.03. The van der Waals surface area contributed by atoms with E-state index in [1.807, 2.05) is 11.0 Å². The number of ether oxygens (including phenoxy) is 1. The zero-order chi connectivity index (χ0) is 22.6. The lowest BCUT2D eigenvalue weighted by Gasteiger charge is -2.30. The van der Waals surface area contributed by atoms with Crippen LogP contribution in [0.3, 0.4) is 0 Å². The summed E-state index contributed by atoms with van der Waals surface area (Å²) >= 11 is 6.18. The summed E-state index contributed by atoms with van der Waals surface area (Å²) in [6.07, 6.45) is 6.43. The van der Waals surface area contributed by atoms with Crippen LogP contribution in [0, 0.1) is 5.92 Å². The Balaban J connectivity index is 1.66. The highest BCUT2D eigenvalue weighted by Gasteiger charge is 2.26. The first-order valence-electron chi connectivity index (χ1n) is 10.6. The van der Waals surface area contributed by atoms with E-state index < -0.39 is 10.0 Å². The number of sulfonamides is 1. The minimum Gasteiger partial charge on any atom is -0.378 e. The number of carbonyl (C=O) groups excluding carboxylic acids is 1. The van der Waals surface area contributed by atoms with Gasteiger partial charge in [0.1, 0.15) is 4.90 Å². The van der Waals surface area contributed by atoms with Gasteiger partial charge in [0.2, 0.25) is 5.91 Å². The van der Waals surface area contributed by atoms with E-state index in [4.69, 9.17) is 16.3 Å². The summed E-state index contributed by atoms with van der Waals surface area (Å²) in [7, 11) is -3.98. The predicted molar refractivity (Wildman–Crippen MR) is 127 cm³/mol. The van der Waals surface area contributed by atoms with Crippen molar-refractivity contribution in [3.8, 4) is 0 Å². The number of benzene rings is 2. The van der Waals surface area contributed by atoms with Gasteiger partial charge in [-0.05, 0) is 49.6 Å². The fourth-order valence-electron chi connectivity index (χ4n) is 3.89. The van der Waals surface area contributed by atoms with Crippen LogP contribution < -0.4 is 14.9 Å². The van der Waals surface area contributed by atoms with E-state index in [2.05, 4.69) is 16.1 Å². The second-order valence-corrected chi connectivity index (χ2v) is 9.90. The number of allylic oxidation sites excluding steroid dienone is 2. The first-order valence-corrected chi connectivity index (χ1v) is 12.5. The maximum atomic E-state index is 13.4. The molecule has 9 heteroatoms. The number of anilines is 3. The lowest BCUT2D eigenvalue weighted by atomic mass is 9.93. The largest absolute Gasteiger partial charge is 0.378 e. The molecular weight excluding hydrogens is 450 g/mol. The first kappa shape index (κ1) is 22.6. The van der Waals surface area contributed by atoms with Crippen LogP contribution in [-0.4, -0.2) is 40.6 Å². The monoisotopic (exact) mass is 475 g/mol. The van der Waals surface area contributed by atoms with Gasteiger partial charge in [0.05, 0.1) is 29.6 Å². The highest BCUT2D eigenvalue weighted by molar-refractivity contribution is 7.93. The van der Waals surface area contributed by atoms with Gasteiger partial charge in [0.25, 0.3) is 10.0 Å². The smallest absolute Gasteiger partial charge is 0.264 e. The number of para-hydroxylation sites is 1. The number of rotatable bonds is 6. The van der Waals surface area contributed by atoms with Gasteiger partial charge in [-0.1, -0.05) is 35.9 Å². The van der Waals surface area contributed by atoms with Crippen molar-refractivity contribution >= 4 is 44.6 Å². The molecule has 0 bridgehead atoms. The molecule has 2 N–H and O–H groups in total. The molecule has 1 fully saturated rings. The Bertz CT molecular complexity index is 1110. The molecule has 1 amide bonds. The molecule has 2 aliphatic rings. The van der Waals surface area contributed by atoms with Crippen LogP contribution in [0.5, 0.6) is 0 Å². The molecule has 0 saturated carbocycles. The fraction of sp³-hybridized carbons (Fsp3) is 0.348. The van der Waals surface area contributed by atoms with Crippen molar-refractivity contribution < 1.29 is 17.9 Å². The average molecular weight is 476 g/mol. The summed E-state index contributed by atoms with van der Waals surface area (Å²) in [4.78, 5) is 14.8. The Labute approximate surface area is 193 Å². The molecule has 7 nitrogen and oxygen atoms in total. The van der Waals surface area contributed by atoms with Crippen molar-refractivity contribution in [3.63, 3.8) is 0 Å². The summed E-state index contributed by atoms with van der Waals surface area (Å²) in [5, 5.41) is 3.20. The minimum atomic E-state index is -3.98. The molecule has 0 radical (unpaired) electrons. The molecule has 170 valence electrons. The zero-order valence-electron chi connectivity index (χ0n) is 17.6. The number of morpholine rings is 1. The standard InChI is InChI=1S/C23H26ClN3O4S/c24-19-8-4-5-9-20(19)26-32(29,30)22-16-18(25-23(28)17-6-2-1-3-7-17)10-11-21(22)27-12-14-31-15-13-27/h1-2,4-5,8-11,16-17,26H,3,6-7,12-15H2,(H,25,28). The lowest BCUT2D eigenvalue weighted by Crippen LogP contribution is -2.37. The summed E-state index contributed by atoms with van der Waals surface area (Å²) in [6, 6.07) is 11.7. The Hall–Kier alpha value is -2.55. The van der Waals surface area contributed by atoms with Crippen LogP contribution in [-0.2, 0) is 19.6 Å². The van der Waals surface area contributed by atoms with Crippen molar-refractivity contribution in [2.75, 3.05) is 41.2 Å². The van der Waals surface area contributed by atoms with E-state index in [9.17, 15) is 13.2 Å².